The summed E-state index contributed by atoms with van der Waals surface area (Å²) < 4.78 is 0. The molecule has 6 nitrogen and oxygen atoms in total. The van der Waals surface area contributed by atoms with E-state index < -0.39 is 0 Å². The molecule has 108 valence electrons. The van der Waals surface area contributed by atoms with Crippen molar-refractivity contribution < 1.29 is 4.79 Å². The number of carbonyl (C=O) groups excluding carboxylic acids is 1. The van der Waals surface area contributed by atoms with Crippen molar-refractivity contribution in [3.63, 3.8) is 0 Å². The molecule has 21 heavy (non-hydrogen) atoms. The number of amides is 1. The number of aromatic nitrogens is 2. The van der Waals surface area contributed by atoms with Crippen molar-refractivity contribution in [1.82, 2.24) is 15.5 Å². The molecule has 4 N–H and O–H groups in total. The molecule has 1 amide bonds. The van der Waals surface area contributed by atoms with Crippen molar-refractivity contribution in [2.24, 2.45) is 0 Å². The van der Waals surface area contributed by atoms with E-state index in [1.807, 2.05) is 19.9 Å². The number of nitriles is 1. The number of nitrogen functional groups attached to an aromatic ring is 1. The first-order valence-corrected chi connectivity index (χ1v) is 6.64. The number of hydrogen-bond donors (Lipinski definition) is 3. The van der Waals surface area contributed by atoms with Gasteiger partial charge in [-0.15, -0.1) is 0 Å². The second-order valence-electron chi connectivity index (χ2n) is 5.05. The van der Waals surface area contributed by atoms with Gasteiger partial charge in [0.1, 0.15) is 0 Å². The number of benzene rings is 1. The number of nitrogens with one attached hydrogen (secondary N) is 2. The maximum Gasteiger partial charge on any atom is 0.274 e. The zero-order valence-corrected chi connectivity index (χ0v) is 12.0. The molecule has 2 aromatic rings. The first-order valence-electron chi connectivity index (χ1n) is 6.64. The number of anilines is 1. The predicted octanol–water partition coefficient (Wildman–Crippen LogP) is 1.92. The van der Waals surface area contributed by atoms with Gasteiger partial charge in [-0.2, -0.15) is 10.4 Å². The maximum atomic E-state index is 12.1. The molecular formula is C15H17N5O. The lowest BCUT2D eigenvalue weighted by Gasteiger charge is -2.05. The lowest BCUT2D eigenvalue weighted by Crippen LogP contribution is -2.24. The average Bonchev–Trinajstić information content (AvgIpc) is 2.87. The number of H-pyrrole nitrogens is 1. The van der Waals surface area contributed by atoms with Gasteiger partial charge in [0.2, 0.25) is 0 Å². The van der Waals surface area contributed by atoms with Crippen LogP contribution in [0.4, 0.5) is 5.69 Å². The zero-order valence-electron chi connectivity index (χ0n) is 12.0. The van der Waals surface area contributed by atoms with E-state index in [9.17, 15) is 4.79 Å². The number of hydrogen-bond acceptors (Lipinski definition) is 4. The number of rotatable bonds is 4. The van der Waals surface area contributed by atoms with E-state index >= 15 is 0 Å². The molecule has 0 unspecified atom stereocenters. The van der Waals surface area contributed by atoms with Crippen LogP contribution >= 0.6 is 0 Å². The monoisotopic (exact) mass is 283 g/mol. The molecule has 0 aliphatic carbocycles. The van der Waals surface area contributed by atoms with Crippen LogP contribution in [0.15, 0.2) is 24.3 Å². The van der Waals surface area contributed by atoms with Gasteiger partial charge >= 0.3 is 0 Å². The lowest BCUT2D eigenvalue weighted by atomic mass is 10.1. The van der Waals surface area contributed by atoms with Gasteiger partial charge in [0.05, 0.1) is 23.0 Å². The first kappa shape index (κ1) is 14.6. The highest BCUT2D eigenvalue weighted by atomic mass is 16.1. The highest BCUT2D eigenvalue weighted by molar-refractivity contribution is 5.97. The van der Waals surface area contributed by atoms with Gasteiger partial charge in [-0.05, 0) is 23.6 Å². The molecule has 0 aliphatic heterocycles. The highest BCUT2D eigenvalue weighted by Gasteiger charge is 2.18. The Hall–Kier alpha value is -2.81. The third-order valence-electron chi connectivity index (χ3n) is 3.16. The highest BCUT2D eigenvalue weighted by Crippen LogP contribution is 2.21. The lowest BCUT2D eigenvalue weighted by molar-refractivity contribution is 0.0947. The second-order valence-corrected chi connectivity index (χ2v) is 5.05. The van der Waals surface area contributed by atoms with Crippen molar-refractivity contribution in [2.75, 3.05) is 5.73 Å². The smallest absolute Gasteiger partial charge is 0.274 e. The van der Waals surface area contributed by atoms with Gasteiger partial charge in [-0.3, -0.25) is 9.89 Å². The quantitative estimate of drug-likeness (QED) is 0.796. The van der Waals surface area contributed by atoms with Crippen molar-refractivity contribution >= 4 is 11.6 Å². The molecule has 0 saturated heterocycles. The summed E-state index contributed by atoms with van der Waals surface area (Å²) in [6.07, 6.45) is 0. The first-order chi connectivity index (χ1) is 10.0. The Kier molecular flexibility index (Phi) is 4.24. The van der Waals surface area contributed by atoms with Gasteiger partial charge in [-0.25, -0.2) is 0 Å². The van der Waals surface area contributed by atoms with Crippen LogP contribution in [0.3, 0.4) is 0 Å². The van der Waals surface area contributed by atoms with E-state index in [0.29, 0.717) is 17.8 Å². The molecule has 0 radical (unpaired) electrons. The average molecular weight is 283 g/mol. The molecule has 1 aromatic heterocycles. The molecule has 0 bridgehead atoms. The Bertz CT molecular complexity index is 679. The summed E-state index contributed by atoms with van der Waals surface area (Å²) in [5.41, 5.74) is 8.78. The van der Waals surface area contributed by atoms with Gasteiger partial charge < -0.3 is 11.1 Å². The van der Waals surface area contributed by atoms with Crippen LogP contribution in [-0.4, -0.2) is 16.1 Å². The molecular weight excluding hydrogens is 266 g/mol. The maximum absolute atomic E-state index is 12.1. The van der Waals surface area contributed by atoms with E-state index in [1.54, 1.807) is 24.3 Å². The summed E-state index contributed by atoms with van der Waals surface area (Å²) in [4.78, 5) is 12.1. The summed E-state index contributed by atoms with van der Waals surface area (Å²) in [6.45, 7) is 4.30. The number of aromatic amines is 1. The Balaban J connectivity index is 2.03. The third-order valence-corrected chi connectivity index (χ3v) is 3.16. The van der Waals surface area contributed by atoms with Crippen LogP contribution in [0.1, 0.15) is 47.1 Å². The van der Waals surface area contributed by atoms with Crippen LogP contribution < -0.4 is 11.1 Å². The second kappa shape index (κ2) is 6.09. The summed E-state index contributed by atoms with van der Waals surface area (Å²) in [5.74, 6) is -0.141. The van der Waals surface area contributed by atoms with E-state index in [0.717, 1.165) is 11.3 Å². The Morgan fingerprint density at radius 3 is 2.62 bits per heavy atom. The number of nitrogens with two attached hydrogens (primary N) is 1. The minimum Gasteiger partial charge on any atom is -0.395 e. The summed E-state index contributed by atoms with van der Waals surface area (Å²) in [5, 5.41) is 18.3. The van der Waals surface area contributed by atoms with Crippen molar-refractivity contribution in [3.05, 3.63) is 46.8 Å². The summed E-state index contributed by atoms with van der Waals surface area (Å²) in [6, 6.07) is 9.06. The van der Waals surface area contributed by atoms with Gasteiger partial charge in [0.25, 0.3) is 5.91 Å². The minimum absolute atomic E-state index is 0.178. The van der Waals surface area contributed by atoms with Gasteiger partial charge in [0, 0.05) is 6.54 Å². The molecule has 0 atom stereocenters. The van der Waals surface area contributed by atoms with Crippen molar-refractivity contribution in [1.29, 1.82) is 5.26 Å². The molecule has 0 aliphatic rings. The molecule has 0 spiro atoms. The molecule has 2 rings (SSSR count). The summed E-state index contributed by atoms with van der Waals surface area (Å²) >= 11 is 0. The number of carbonyl (C=O) groups is 1. The van der Waals surface area contributed by atoms with E-state index in [1.165, 1.54) is 0 Å². The fourth-order valence-corrected chi connectivity index (χ4v) is 1.94. The fourth-order valence-electron chi connectivity index (χ4n) is 1.94. The van der Waals surface area contributed by atoms with Crippen LogP contribution in [0.5, 0.6) is 0 Å². The summed E-state index contributed by atoms with van der Waals surface area (Å²) in [7, 11) is 0. The van der Waals surface area contributed by atoms with Crippen LogP contribution in [-0.2, 0) is 6.54 Å². The normalized spacial score (nSPS) is 10.4. The third kappa shape index (κ3) is 3.20. The molecule has 6 heteroatoms. The van der Waals surface area contributed by atoms with Crippen molar-refractivity contribution in [3.8, 4) is 6.07 Å². The Morgan fingerprint density at radius 1 is 1.43 bits per heavy atom. The Labute approximate surface area is 123 Å². The fraction of sp³-hybridized carbons (Fsp3) is 0.267. The molecule has 0 fully saturated rings. The zero-order chi connectivity index (χ0) is 15.4. The number of nitrogens with zero attached hydrogens (tertiary/aromatic N) is 2. The SMILES string of the molecule is CC(C)c1[nH]nc(C(=O)NCc2ccc(C#N)cc2)c1N. The largest absolute Gasteiger partial charge is 0.395 e. The topological polar surface area (TPSA) is 108 Å². The van der Waals surface area contributed by atoms with Crippen LogP contribution in [0, 0.1) is 11.3 Å². The van der Waals surface area contributed by atoms with Gasteiger partial charge in [-0.1, -0.05) is 26.0 Å². The van der Waals surface area contributed by atoms with Crippen molar-refractivity contribution in [2.45, 2.75) is 26.3 Å². The Morgan fingerprint density at radius 2 is 2.10 bits per heavy atom. The van der Waals surface area contributed by atoms with E-state index in [2.05, 4.69) is 15.5 Å². The minimum atomic E-state index is -0.319. The van der Waals surface area contributed by atoms with E-state index in [4.69, 9.17) is 11.0 Å². The molecule has 1 aromatic carbocycles. The predicted molar refractivity (Wildman–Crippen MR) is 79.4 cm³/mol. The van der Waals surface area contributed by atoms with Gasteiger partial charge in [0.15, 0.2) is 5.69 Å². The van der Waals surface area contributed by atoms with Crippen LogP contribution in [0.2, 0.25) is 0 Å². The van der Waals surface area contributed by atoms with Crippen LogP contribution in [0.25, 0.3) is 0 Å². The van der Waals surface area contributed by atoms with E-state index in [-0.39, 0.29) is 17.5 Å². The standard InChI is InChI=1S/C15H17N5O/c1-9(2)13-12(17)14(20-19-13)15(21)18-8-11-5-3-10(7-16)4-6-11/h3-6,9H,8,17H2,1-2H3,(H,18,21)(H,19,20). The molecule has 1 heterocycles. The molecule has 0 saturated carbocycles.